The van der Waals surface area contributed by atoms with E-state index in [2.05, 4.69) is 19.2 Å². The van der Waals surface area contributed by atoms with E-state index < -0.39 is 5.60 Å². The van der Waals surface area contributed by atoms with E-state index in [9.17, 15) is 5.11 Å². The van der Waals surface area contributed by atoms with Crippen LogP contribution < -0.4 is 5.32 Å². The zero-order valence-corrected chi connectivity index (χ0v) is 13.7. The lowest BCUT2D eigenvalue weighted by molar-refractivity contribution is 0.0222. The second-order valence-corrected chi connectivity index (χ2v) is 7.73. The summed E-state index contributed by atoms with van der Waals surface area (Å²) in [5, 5.41) is 14.4. The van der Waals surface area contributed by atoms with Crippen molar-refractivity contribution in [1.29, 1.82) is 0 Å². The van der Waals surface area contributed by atoms with E-state index in [4.69, 9.17) is 0 Å². The molecule has 2 heteroatoms. The summed E-state index contributed by atoms with van der Waals surface area (Å²) in [4.78, 5) is 0. The Labute approximate surface area is 125 Å². The number of aliphatic hydroxyl groups is 1. The predicted molar refractivity (Wildman–Crippen MR) is 85.9 cm³/mol. The zero-order chi connectivity index (χ0) is 14.4. The maximum absolute atomic E-state index is 10.7. The van der Waals surface area contributed by atoms with Gasteiger partial charge in [-0.1, -0.05) is 52.4 Å². The van der Waals surface area contributed by atoms with Crippen molar-refractivity contribution in [2.24, 2.45) is 11.8 Å². The molecular weight excluding hydrogens is 246 g/mol. The van der Waals surface area contributed by atoms with Crippen molar-refractivity contribution in [3.8, 4) is 0 Å². The molecule has 0 amide bonds. The average Bonchev–Trinajstić information content (AvgIpc) is 2.77. The zero-order valence-electron chi connectivity index (χ0n) is 13.7. The molecule has 2 nitrogen and oxygen atoms in total. The molecule has 2 atom stereocenters. The minimum atomic E-state index is -0.416. The van der Waals surface area contributed by atoms with E-state index in [0.717, 1.165) is 31.2 Å². The molecule has 2 fully saturated rings. The number of hydrogen-bond donors (Lipinski definition) is 2. The van der Waals surface area contributed by atoms with Gasteiger partial charge in [0.15, 0.2) is 0 Å². The Morgan fingerprint density at radius 1 is 0.950 bits per heavy atom. The van der Waals surface area contributed by atoms with E-state index in [1.54, 1.807) is 0 Å². The van der Waals surface area contributed by atoms with Crippen LogP contribution in [0.3, 0.4) is 0 Å². The van der Waals surface area contributed by atoms with Gasteiger partial charge in [0, 0.05) is 12.6 Å². The van der Waals surface area contributed by atoms with Gasteiger partial charge in [-0.3, -0.25) is 0 Å². The van der Waals surface area contributed by atoms with Crippen molar-refractivity contribution in [2.75, 3.05) is 6.54 Å². The van der Waals surface area contributed by atoms with Crippen LogP contribution in [0.2, 0.25) is 0 Å². The SMILES string of the molecule is CC(C)C1CCCC(NCC2(O)CCCCCC2)CC1. The van der Waals surface area contributed by atoms with Crippen LogP contribution in [0.1, 0.15) is 84.5 Å². The second-order valence-electron chi connectivity index (χ2n) is 7.73. The highest BCUT2D eigenvalue weighted by atomic mass is 16.3. The minimum absolute atomic E-state index is 0.416. The summed E-state index contributed by atoms with van der Waals surface area (Å²) in [5.41, 5.74) is -0.416. The van der Waals surface area contributed by atoms with Crippen LogP contribution >= 0.6 is 0 Å². The monoisotopic (exact) mass is 281 g/mol. The van der Waals surface area contributed by atoms with Crippen LogP contribution in [-0.2, 0) is 0 Å². The van der Waals surface area contributed by atoms with Crippen LogP contribution in [-0.4, -0.2) is 23.3 Å². The smallest absolute Gasteiger partial charge is 0.0771 e. The van der Waals surface area contributed by atoms with Crippen LogP contribution in [0.25, 0.3) is 0 Å². The van der Waals surface area contributed by atoms with E-state index >= 15 is 0 Å². The molecule has 2 saturated carbocycles. The Kier molecular flexibility index (Phi) is 6.35. The van der Waals surface area contributed by atoms with Gasteiger partial charge in [-0.25, -0.2) is 0 Å². The Hall–Kier alpha value is -0.0800. The first kappa shape index (κ1) is 16.3. The second kappa shape index (κ2) is 7.79. The third-order valence-electron chi connectivity index (χ3n) is 5.71. The molecule has 118 valence electrons. The van der Waals surface area contributed by atoms with Gasteiger partial charge in [0.05, 0.1) is 5.60 Å². The lowest BCUT2D eigenvalue weighted by atomic mass is 9.89. The molecule has 0 bridgehead atoms. The van der Waals surface area contributed by atoms with E-state index in [0.29, 0.717) is 6.04 Å². The third-order valence-corrected chi connectivity index (χ3v) is 5.71. The van der Waals surface area contributed by atoms with Gasteiger partial charge < -0.3 is 10.4 Å². The molecule has 2 N–H and O–H groups in total. The first-order valence-corrected chi connectivity index (χ1v) is 9.05. The quantitative estimate of drug-likeness (QED) is 0.754. The molecule has 0 aromatic rings. The van der Waals surface area contributed by atoms with E-state index in [1.165, 1.54) is 57.8 Å². The van der Waals surface area contributed by atoms with Crippen molar-refractivity contribution in [3.63, 3.8) is 0 Å². The van der Waals surface area contributed by atoms with Crippen molar-refractivity contribution in [3.05, 3.63) is 0 Å². The summed E-state index contributed by atoms with van der Waals surface area (Å²) in [6, 6.07) is 0.644. The maximum atomic E-state index is 10.7. The highest BCUT2D eigenvalue weighted by molar-refractivity contribution is 4.86. The fraction of sp³-hybridized carbons (Fsp3) is 1.00. The molecule has 0 aromatic heterocycles. The molecule has 0 radical (unpaired) electrons. The van der Waals surface area contributed by atoms with Crippen molar-refractivity contribution in [1.82, 2.24) is 5.32 Å². The van der Waals surface area contributed by atoms with Crippen molar-refractivity contribution < 1.29 is 5.11 Å². The molecule has 0 saturated heterocycles. The van der Waals surface area contributed by atoms with Crippen LogP contribution in [0.4, 0.5) is 0 Å². The van der Waals surface area contributed by atoms with Gasteiger partial charge in [0.2, 0.25) is 0 Å². The predicted octanol–water partition coefficient (Wildman–Crippen LogP) is 4.27. The van der Waals surface area contributed by atoms with Gasteiger partial charge in [-0.2, -0.15) is 0 Å². The number of nitrogens with one attached hydrogen (secondary N) is 1. The molecule has 0 aliphatic heterocycles. The molecule has 2 unspecified atom stereocenters. The lowest BCUT2D eigenvalue weighted by Gasteiger charge is -2.29. The van der Waals surface area contributed by atoms with Crippen LogP contribution in [0.5, 0.6) is 0 Å². The fourth-order valence-electron chi connectivity index (χ4n) is 4.10. The third kappa shape index (κ3) is 5.04. The van der Waals surface area contributed by atoms with E-state index in [1.807, 2.05) is 0 Å². The number of rotatable bonds is 4. The summed E-state index contributed by atoms with van der Waals surface area (Å²) in [6.45, 7) is 5.56. The van der Waals surface area contributed by atoms with Gasteiger partial charge in [-0.15, -0.1) is 0 Å². The molecule has 2 rings (SSSR count). The molecule has 2 aliphatic rings. The summed E-state index contributed by atoms with van der Waals surface area (Å²) in [5.74, 6) is 1.75. The average molecular weight is 281 g/mol. The fourth-order valence-corrected chi connectivity index (χ4v) is 4.10. The molecule has 0 aromatic carbocycles. The standard InChI is InChI=1S/C18H35NO/c1-15(2)16-8-7-9-17(11-10-16)19-14-18(20)12-5-3-4-6-13-18/h15-17,19-20H,3-14H2,1-2H3. The minimum Gasteiger partial charge on any atom is -0.389 e. The van der Waals surface area contributed by atoms with E-state index in [-0.39, 0.29) is 0 Å². The highest BCUT2D eigenvalue weighted by Gasteiger charge is 2.29. The maximum Gasteiger partial charge on any atom is 0.0771 e. The Balaban J connectivity index is 1.75. The van der Waals surface area contributed by atoms with Gasteiger partial charge in [0.1, 0.15) is 0 Å². The lowest BCUT2D eigenvalue weighted by Crippen LogP contribution is -2.44. The Morgan fingerprint density at radius 2 is 1.65 bits per heavy atom. The highest BCUT2D eigenvalue weighted by Crippen LogP contribution is 2.30. The molecule has 20 heavy (non-hydrogen) atoms. The molecule has 0 heterocycles. The molecule has 0 spiro atoms. The topological polar surface area (TPSA) is 32.3 Å². The molecule has 2 aliphatic carbocycles. The van der Waals surface area contributed by atoms with Crippen molar-refractivity contribution in [2.45, 2.75) is 96.1 Å². The normalized spacial score (nSPS) is 31.8. The van der Waals surface area contributed by atoms with Crippen LogP contribution in [0, 0.1) is 11.8 Å². The summed E-state index contributed by atoms with van der Waals surface area (Å²) >= 11 is 0. The van der Waals surface area contributed by atoms with Gasteiger partial charge >= 0.3 is 0 Å². The summed E-state index contributed by atoms with van der Waals surface area (Å²) in [6.07, 6.45) is 13.8. The Morgan fingerprint density at radius 3 is 2.30 bits per heavy atom. The first-order valence-electron chi connectivity index (χ1n) is 9.05. The van der Waals surface area contributed by atoms with Gasteiger partial charge in [-0.05, 0) is 43.9 Å². The number of hydrogen-bond acceptors (Lipinski definition) is 2. The largest absolute Gasteiger partial charge is 0.389 e. The first-order chi connectivity index (χ1) is 9.59. The Bertz CT molecular complexity index is 269. The summed E-state index contributed by atoms with van der Waals surface area (Å²) < 4.78 is 0. The summed E-state index contributed by atoms with van der Waals surface area (Å²) in [7, 11) is 0. The molecular formula is C18H35NO. The van der Waals surface area contributed by atoms with Crippen molar-refractivity contribution >= 4 is 0 Å². The van der Waals surface area contributed by atoms with Crippen LogP contribution in [0.15, 0.2) is 0 Å². The van der Waals surface area contributed by atoms with Gasteiger partial charge in [0.25, 0.3) is 0 Å².